The molecule has 0 N–H and O–H groups in total. The van der Waals surface area contributed by atoms with Crippen molar-refractivity contribution in [2.24, 2.45) is 0 Å². The van der Waals surface area contributed by atoms with Gasteiger partial charge in [-0.25, -0.2) is 13.2 Å². The minimum absolute atomic E-state index is 0.176. The Labute approximate surface area is 101 Å². The second kappa shape index (κ2) is 3.98. The Morgan fingerprint density at radius 2 is 1.39 bits per heavy atom. The minimum Gasteiger partial charge on any atom is -0.519 e. The third-order valence-corrected chi connectivity index (χ3v) is 2.64. The Hall–Kier alpha value is -2.11. The summed E-state index contributed by atoms with van der Waals surface area (Å²) in [6.45, 7) is 0. The molecule has 0 bridgehead atoms. The van der Waals surface area contributed by atoms with Crippen molar-refractivity contribution < 1.29 is 22.5 Å². The van der Waals surface area contributed by atoms with Crippen molar-refractivity contribution in [2.75, 3.05) is 0 Å². The average molecular weight is 250 g/mol. The molecule has 18 heavy (non-hydrogen) atoms. The molecule has 6 heteroatoms. The van der Waals surface area contributed by atoms with Crippen LogP contribution in [0.2, 0.25) is 0 Å². The summed E-state index contributed by atoms with van der Waals surface area (Å²) in [6, 6.07) is 8.69. The number of para-hydroxylation sites is 2. The van der Waals surface area contributed by atoms with Gasteiger partial charge in [0.1, 0.15) is 11.5 Å². The zero-order valence-electron chi connectivity index (χ0n) is 8.99. The highest BCUT2D eigenvalue weighted by Gasteiger charge is 2.37. The van der Waals surface area contributed by atoms with E-state index in [0.717, 1.165) is 12.1 Å². The Morgan fingerprint density at radius 1 is 0.778 bits per heavy atom. The summed E-state index contributed by atoms with van der Waals surface area (Å²) in [5.74, 6) is -3.20. The molecule has 0 saturated heterocycles. The molecule has 0 aromatic heterocycles. The van der Waals surface area contributed by atoms with Crippen LogP contribution in [0.25, 0.3) is 0 Å². The van der Waals surface area contributed by atoms with Crippen LogP contribution in [-0.2, 0) is 0 Å². The van der Waals surface area contributed by atoms with Crippen LogP contribution in [-0.4, -0.2) is 7.12 Å². The molecule has 0 radical (unpaired) electrons. The van der Waals surface area contributed by atoms with Gasteiger partial charge in [-0.3, -0.25) is 0 Å². The quantitative estimate of drug-likeness (QED) is 0.571. The van der Waals surface area contributed by atoms with Crippen molar-refractivity contribution >= 4 is 12.6 Å². The van der Waals surface area contributed by atoms with Gasteiger partial charge in [0, 0.05) is 0 Å². The van der Waals surface area contributed by atoms with Crippen molar-refractivity contribution in [1.82, 2.24) is 0 Å². The van der Waals surface area contributed by atoms with E-state index in [1.165, 1.54) is 0 Å². The number of benzene rings is 2. The molecule has 0 atom stereocenters. The third kappa shape index (κ3) is 1.61. The molecule has 1 heterocycles. The predicted octanol–water partition coefficient (Wildman–Crippen LogP) is 2.27. The highest BCUT2D eigenvalue weighted by molar-refractivity contribution is 6.63. The molecular weight excluding hydrogens is 244 g/mol. The highest BCUT2D eigenvalue weighted by atomic mass is 19.2. The van der Waals surface area contributed by atoms with Gasteiger partial charge in [0.15, 0.2) is 17.5 Å². The zero-order chi connectivity index (χ0) is 12.7. The fraction of sp³-hybridized carbons (Fsp3) is 0. The first-order valence-corrected chi connectivity index (χ1v) is 5.22. The normalized spacial score (nSPS) is 12.9. The SMILES string of the molecule is Fc1ccc(B2Oc3ccccc3O2)c(F)c1F. The fourth-order valence-electron chi connectivity index (χ4n) is 1.75. The summed E-state index contributed by atoms with van der Waals surface area (Å²) in [6.07, 6.45) is 0. The molecule has 0 amide bonds. The second-order valence-electron chi connectivity index (χ2n) is 3.78. The Morgan fingerprint density at radius 3 is 2.00 bits per heavy atom. The van der Waals surface area contributed by atoms with Crippen molar-refractivity contribution in [3.05, 3.63) is 53.8 Å². The van der Waals surface area contributed by atoms with E-state index in [-0.39, 0.29) is 5.46 Å². The van der Waals surface area contributed by atoms with E-state index in [0.29, 0.717) is 11.5 Å². The van der Waals surface area contributed by atoms with E-state index >= 15 is 0 Å². The van der Waals surface area contributed by atoms with Crippen LogP contribution in [0.1, 0.15) is 0 Å². The van der Waals surface area contributed by atoms with Crippen molar-refractivity contribution in [2.45, 2.75) is 0 Å². The summed E-state index contributed by atoms with van der Waals surface area (Å²) < 4.78 is 50.1. The number of hydrogen-bond acceptors (Lipinski definition) is 2. The first kappa shape index (κ1) is 11.0. The van der Waals surface area contributed by atoms with Crippen LogP contribution in [0.4, 0.5) is 13.2 Å². The van der Waals surface area contributed by atoms with Crippen LogP contribution in [0.3, 0.4) is 0 Å². The summed E-state index contributed by atoms with van der Waals surface area (Å²) in [5.41, 5.74) is -0.176. The molecule has 0 fully saturated rings. The van der Waals surface area contributed by atoms with E-state index in [1.54, 1.807) is 24.3 Å². The fourth-order valence-corrected chi connectivity index (χ4v) is 1.75. The number of halogens is 3. The van der Waals surface area contributed by atoms with Crippen LogP contribution in [0.5, 0.6) is 11.5 Å². The molecule has 0 spiro atoms. The number of rotatable bonds is 1. The molecule has 1 aliphatic rings. The highest BCUT2D eigenvalue weighted by Crippen LogP contribution is 2.32. The standard InChI is InChI=1S/C12H6BF3O2/c14-8-6-5-7(11(15)12(8)16)13-17-9-3-1-2-4-10(9)18-13/h1-6H. The van der Waals surface area contributed by atoms with E-state index in [4.69, 9.17) is 9.31 Å². The van der Waals surface area contributed by atoms with Gasteiger partial charge in [-0.15, -0.1) is 0 Å². The van der Waals surface area contributed by atoms with Gasteiger partial charge in [-0.05, 0) is 18.2 Å². The topological polar surface area (TPSA) is 18.5 Å². The molecule has 2 aromatic rings. The minimum atomic E-state index is -1.53. The van der Waals surface area contributed by atoms with Gasteiger partial charge in [0.2, 0.25) is 0 Å². The van der Waals surface area contributed by atoms with Crippen LogP contribution >= 0.6 is 0 Å². The van der Waals surface area contributed by atoms with Gasteiger partial charge in [-0.2, -0.15) is 0 Å². The summed E-state index contributed by atoms with van der Waals surface area (Å²) in [5, 5.41) is 0. The third-order valence-electron chi connectivity index (χ3n) is 2.64. The molecule has 0 unspecified atom stereocenters. The molecule has 2 aromatic carbocycles. The average Bonchev–Trinajstić information content (AvgIpc) is 2.79. The van der Waals surface area contributed by atoms with Gasteiger partial charge in [0.05, 0.1) is 5.46 Å². The van der Waals surface area contributed by atoms with Crippen molar-refractivity contribution in [3.63, 3.8) is 0 Å². The van der Waals surface area contributed by atoms with E-state index in [1.807, 2.05) is 0 Å². The lowest BCUT2D eigenvalue weighted by atomic mass is 9.79. The van der Waals surface area contributed by atoms with E-state index < -0.39 is 24.6 Å². The van der Waals surface area contributed by atoms with E-state index in [2.05, 4.69) is 0 Å². The lowest BCUT2D eigenvalue weighted by Gasteiger charge is -2.06. The lowest BCUT2D eigenvalue weighted by molar-refractivity contribution is 0.446. The maximum atomic E-state index is 13.6. The van der Waals surface area contributed by atoms with Gasteiger partial charge in [0.25, 0.3) is 0 Å². The van der Waals surface area contributed by atoms with Gasteiger partial charge >= 0.3 is 7.12 Å². The first-order valence-electron chi connectivity index (χ1n) is 5.22. The predicted molar refractivity (Wildman–Crippen MR) is 59.4 cm³/mol. The summed E-state index contributed by atoms with van der Waals surface area (Å²) in [7, 11) is -1.10. The van der Waals surface area contributed by atoms with Crippen LogP contribution < -0.4 is 14.8 Å². The number of hydrogen-bond donors (Lipinski definition) is 0. The van der Waals surface area contributed by atoms with E-state index in [9.17, 15) is 13.2 Å². The molecule has 0 aliphatic carbocycles. The molecule has 90 valence electrons. The Balaban J connectivity index is 1.98. The summed E-state index contributed by atoms with van der Waals surface area (Å²) >= 11 is 0. The maximum absolute atomic E-state index is 13.6. The number of fused-ring (bicyclic) bond motifs is 1. The van der Waals surface area contributed by atoms with Gasteiger partial charge in [-0.1, -0.05) is 18.2 Å². The molecule has 1 aliphatic heterocycles. The largest absolute Gasteiger partial charge is 0.635 e. The molecule has 0 saturated carbocycles. The first-order chi connectivity index (χ1) is 8.66. The van der Waals surface area contributed by atoms with Crippen LogP contribution in [0.15, 0.2) is 36.4 Å². The Bertz CT molecular complexity index is 593. The maximum Gasteiger partial charge on any atom is 0.635 e. The smallest absolute Gasteiger partial charge is 0.519 e. The van der Waals surface area contributed by atoms with Crippen molar-refractivity contribution in [1.29, 1.82) is 0 Å². The Kier molecular flexibility index (Phi) is 2.43. The van der Waals surface area contributed by atoms with Gasteiger partial charge < -0.3 is 9.31 Å². The molecule has 3 rings (SSSR count). The van der Waals surface area contributed by atoms with Crippen LogP contribution in [0, 0.1) is 17.5 Å². The monoisotopic (exact) mass is 250 g/mol. The second-order valence-corrected chi connectivity index (χ2v) is 3.78. The lowest BCUT2D eigenvalue weighted by Crippen LogP contribution is -2.41. The molecule has 2 nitrogen and oxygen atoms in total. The van der Waals surface area contributed by atoms with Crippen molar-refractivity contribution in [3.8, 4) is 11.5 Å². The zero-order valence-corrected chi connectivity index (χ0v) is 8.99. The molecular formula is C12H6BF3O2. The summed E-state index contributed by atoms with van der Waals surface area (Å²) in [4.78, 5) is 0.